The molecular weight excluding hydrogens is 288 g/mol. The van der Waals surface area contributed by atoms with E-state index in [0.717, 1.165) is 38.3 Å². The van der Waals surface area contributed by atoms with E-state index in [1.807, 2.05) is 12.3 Å². The first-order valence-corrected chi connectivity index (χ1v) is 8.43. The van der Waals surface area contributed by atoms with Crippen LogP contribution < -0.4 is 0 Å². The van der Waals surface area contributed by atoms with Crippen LogP contribution in [0.1, 0.15) is 19.0 Å². The maximum absolute atomic E-state index is 9.91. The van der Waals surface area contributed by atoms with Gasteiger partial charge in [-0.1, -0.05) is 0 Å². The number of piperazine rings is 1. The van der Waals surface area contributed by atoms with Gasteiger partial charge in [-0.3, -0.25) is 14.8 Å². The second-order valence-corrected chi connectivity index (χ2v) is 6.86. The molecule has 5 heteroatoms. The number of hydrogen-bond donors (Lipinski definition) is 1. The smallest absolute Gasteiger partial charge is 0.0682 e. The number of aromatic nitrogens is 2. The zero-order valence-corrected chi connectivity index (χ0v) is 13.5. The molecule has 4 rings (SSSR count). The molecule has 0 aromatic carbocycles. The molecule has 2 aliphatic rings. The minimum absolute atomic E-state index is 0.147. The van der Waals surface area contributed by atoms with Crippen molar-refractivity contribution in [2.45, 2.75) is 38.1 Å². The van der Waals surface area contributed by atoms with Gasteiger partial charge in [0.05, 0.1) is 18.0 Å². The summed E-state index contributed by atoms with van der Waals surface area (Å²) in [4.78, 5) is 9.22. The van der Waals surface area contributed by atoms with E-state index in [0.29, 0.717) is 12.1 Å². The van der Waals surface area contributed by atoms with Crippen LogP contribution in [-0.4, -0.2) is 62.3 Å². The van der Waals surface area contributed by atoms with E-state index in [4.69, 9.17) is 0 Å². The average molecular weight is 312 g/mol. The third-order valence-electron chi connectivity index (χ3n) is 5.20. The monoisotopic (exact) mass is 312 g/mol. The van der Waals surface area contributed by atoms with Crippen molar-refractivity contribution < 1.29 is 5.11 Å². The largest absolute Gasteiger partial charge is 0.392 e. The van der Waals surface area contributed by atoms with Crippen LogP contribution in [0.4, 0.5) is 0 Å². The molecule has 1 unspecified atom stereocenters. The Hall–Kier alpha value is -1.69. The van der Waals surface area contributed by atoms with Gasteiger partial charge in [0.25, 0.3) is 0 Å². The average Bonchev–Trinajstić information content (AvgIpc) is 3.14. The van der Waals surface area contributed by atoms with Crippen molar-refractivity contribution in [1.29, 1.82) is 0 Å². The van der Waals surface area contributed by atoms with Crippen molar-refractivity contribution in [2.24, 2.45) is 0 Å². The van der Waals surface area contributed by atoms with Crippen molar-refractivity contribution in [3.05, 3.63) is 48.5 Å². The summed E-state index contributed by atoms with van der Waals surface area (Å²) < 4.78 is 2.22. The Morgan fingerprint density at radius 2 is 2.13 bits per heavy atom. The molecule has 0 radical (unpaired) electrons. The van der Waals surface area contributed by atoms with Gasteiger partial charge in [0.1, 0.15) is 0 Å². The van der Waals surface area contributed by atoms with Crippen LogP contribution in [0.3, 0.4) is 0 Å². The Morgan fingerprint density at radius 1 is 1.22 bits per heavy atom. The number of nitrogens with zero attached hydrogens (tertiary/aromatic N) is 4. The third-order valence-corrected chi connectivity index (χ3v) is 5.20. The van der Waals surface area contributed by atoms with Crippen molar-refractivity contribution in [2.75, 3.05) is 19.6 Å². The van der Waals surface area contributed by atoms with E-state index in [2.05, 4.69) is 50.7 Å². The molecule has 2 saturated heterocycles. The van der Waals surface area contributed by atoms with Gasteiger partial charge in [0.2, 0.25) is 0 Å². The van der Waals surface area contributed by atoms with Crippen molar-refractivity contribution in [3.63, 3.8) is 0 Å². The first-order chi connectivity index (χ1) is 11.2. The maximum Gasteiger partial charge on any atom is 0.0682 e. The molecule has 0 spiro atoms. The summed E-state index contributed by atoms with van der Waals surface area (Å²) in [6.07, 6.45) is 6.57. The molecule has 0 amide bonds. The SMILES string of the molecule is C[C@@H]1CN2C[C@H](O)CC2CN1Cc1cccn1-c1cccnc1. The lowest BCUT2D eigenvalue weighted by Crippen LogP contribution is -2.54. The lowest BCUT2D eigenvalue weighted by Gasteiger charge is -2.42. The van der Waals surface area contributed by atoms with Gasteiger partial charge in [-0.25, -0.2) is 0 Å². The van der Waals surface area contributed by atoms with Crippen LogP contribution in [0, 0.1) is 0 Å². The lowest BCUT2D eigenvalue weighted by molar-refractivity contribution is 0.0517. The van der Waals surface area contributed by atoms with E-state index in [1.54, 1.807) is 6.20 Å². The van der Waals surface area contributed by atoms with Gasteiger partial charge in [0.15, 0.2) is 0 Å². The van der Waals surface area contributed by atoms with Crippen LogP contribution in [0.2, 0.25) is 0 Å². The maximum atomic E-state index is 9.91. The fourth-order valence-corrected chi connectivity index (χ4v) is 4.00. The highest BCUT2D eigenvalue weighted by Gasteiger charge is 2.38. The summed E-state index contributed by atoms with van der Waals surface area (Å²) in [5.74, 6) is 0. The Labute approximate surface area is 137 Å². The number of aliphatic hydroxyl groups excluding tert-OH is 1. The van der Waals surface area contributed by atoms with Crippen molar-refractivity contribution in [3.8, 4) is 5.69 Å². The highest BCUT2D eigenvalue weighted by Crippen LogP contribution is 2.26. The zero-order chi connectivity index (χ0) is 15.8. The molecule has 2 aromatic rings. The van der Waals surface area contributed by atoms with Gasteiger partial charge in [-0.05, 0) is 37.6 Å². The first-order valence-electron chi connectivity index (χ1n) is 8.43. The molecule has 0 bridgehead atoms. The van der Waals surface area contributed by atoms with E-state index < -0.39 is 0 Å². The molecule has 2 aliphatic heterocycles. The molecule has 23 heavy (non-hydrogen) atoms. The Bertz CT molecular complexity index is 656. The van der Waals surface area contributed by atoms with Gasteiger partial charge in [-0.15, -0.1) is 0 Å². The number of hydrogen-bond acceptors (Lipinski definition) is 4. The van der Waals surface area contributed by atoms with Gasteiger partial charge in [-0.2, -0.15) is 0 Å². The number of fused-ring (bicyclic) bond motifs is 1. The topological polar surface area (TPSA) is 44.5 Å². The number of pyridine rings is 1. The van der Waals surface area contributed by atoms with Gasteiger partial charge < -0.3 is 9.67 Å². The summed E-state index contributed by atoms with van der Waals surface area (Å²) in [5.41, 5.74) is 2.40. The van der Waals surface area contributed by atoms with E-state index in [-0.39, 0.29) is 6.10 Å². The van der Waals surface area contributed by atoms with Crippen LogP contribution in [-0.2, 0) is 6.54 Å². The standard InChI is InChI=1S/C18H24N4O/c1-14-10-21-13-18(23)8-17(21)12-20(14)11-16-5-3-7-22(16)15-4-2-6-19-9-15/h2-7,9,14,17-18,23H,8,10-13H2,1H3/t14-,17?,18-/m1/s1. The fourth-order valence-electron chi connectivity index (χ4n) is 4.00. The molecule has 122 valence electrons. The Balaban J connectivity index is 1.52. The summed E-state index contributed by atoms with van der Waals surface area (Å²) in [5, 5.41) is 9.91. The van der Waals surface area contributed by atoms with Crippen molar-refractivity contribution in [1.82, 2.24) is 19.4 Å². The molecular formula is C18H24N4O. The van der Waals surface area contributed by atoms with Crippen LogP contribution >= 0.6 is 0 Å². The van der Waals surface area contributed by atoms with Crippen LogP contribution in [0.5, 0.6) is 0 Å². The second kappa shape index (κ2) is 6.07. The predicted octanol–water partition coefficient (Wildman–Crippen LogP) is 1.51. The second-order valence-electron chi connectivity index (χ2n) is 6.86. The van der Waals surface area contributed by atoms with Gasteiger partial charge in [0, 0.05) is 56.4 Å². The first kappa shape index (κ1) is 14.9. The van der Waals surface area contributed by atoms with E-state index in [1.165, 1.54) is 5.69 Å². The lowest BCUT2D eigenvalue weighted by atomic mass is 10.1. The molecule has 3 atom stereocenters. The fraction of sp³-hybridized carbons (Fsp3) is 0.500. The quantitative estimate of drug-likeness (QED) is 0.933. The molecule has 0 saturated carbocycles. The molecule has 1 N–H and O–H groups in total. The van der Waals surface area contributed by atoms with Crippen LogP contribution in [0.15, 0.2) is 42.9 Å². The van der Waals surface area contributed by atoms with E-state index in [9.17, 15) is 5.11 Å². The molecule has 4 heterocycles. The predicted molar refractivity (Wildman–Crippen MR) is 89.4 cm³/mol. The molecule has 2 aromatic heterocycles. The zero-order valence-electron chi connectivity index (χ0n) is 13.5. The summed E-state index contributed by atoms with van der Waals surface area (Å²) in [6.45, 7) is 6.16. The minimum Gasteiger partial charge on any atom is -0.392 e. The number of aliphatic hydroxyl groups is 1. The highest BCUT2D eigenvalue weighted by molar-refractivity contribution is 5.32. The third kappa shape index (κ3) is 2.92. The number of rotatable bonds is 3. The summed E-state index contributed by atoms with van der Waals surface area (Å²) in [6, 6.07) is 9.36. The minimum atomic E-state index is -0.147. The van der Waals surface area contributed by atoms with Crippen LogP contribution in [0.25, 0.3) is 5.69 Å². The Kier molecular flexibility index (Phi) is 3.93. The highest BCUT2D eigenvalue weighted by atomic mass is 16.3. The summed E-state index contributed by atoms with van der Waals surface area (Å²) in [7, 11) is 0. The van der Waals surface area contributed by atoms with Gasteiger partial charge >= 0.3 is 0 Å². The Morgan fingerprint density at radius 3 is 2.96 bits per heavy atom. The van der Waals surface area contributed by atoms with Crippen molar-refractivity contribution >= 4 is 0 Å². The normalized spacial score (nSPS) is 28.9. The molecule has 5 nitrogen and oxygen atoms in total. The summed E-state index contributed by atoms with van der Waals surface area (Å²) >= 11 is 0. The van der Waals surface area contributed by atoms with E-state index >= 15 is 0 Å². The molecule has 2 fully saturated rings. The molecule has 0 aliphatic carbocycles.